The monoisotopic (exact) mass is 260 g/mol. The number of carboxylic acid groups (broad SMARTS) is 1. The zero-order valence-electron chi connectivity index (χ0n) is 9.61. The maximum absolute atomic E-state index is 11.6. The van der Waals surface area contributed by atoms with Crippen LogP contribution >= 0.6 is 0 Å². The number of rotatable bonds is 7. The molecule has 1 rings (SSSR count). The van der Waals surface area contributed by atoms with Crippen LogP contribution in [-0.2, 0) is 21.2 Å². The molecule has 1 atom stereocenters. The van der Waals surface area contributed by atoms with Crippen LogP contribution in [0.15, 0.2) is 18.7 Å². The lowest BCUT2D eigenvalue weighted by atomic mass is 10.2. The van der Waals surface area contributed by atoms with Crippen molar-refractivity contribution in [3.8, 4) is 0 Å². The van der Waals surface area contributed by atoms with Gasteiger partial charge in [0.15, 0.2) is 9.84 Å². The zero-order valence-corrected chi connectivity index (χ0v) is 10.4. The molecule has 7 heteroatoms. The van der Waals surface area contributed by atoms with Gasteiger partial charge in [-0.1, -0.05) is 6.92 Å². The molecule has 0 fully saturated rings. The minimum atomic E-state index is -3.29. The van der Waals surface area contributed by atoms with Gasteiger partial charge >= 0.3 is 5.97 Å². The van der Waals surface area contributed by atoms with Gasteiger partial charge in [-0.2, -0.15) is 0 Å². The highest BCUT2D eigenvalue weighted by atomic mass is 32.2. The number of hydrogen-bond acceptors (Lipinski definition) is 4. The third-order valence-corrected chi connectivity index (χ3v) is 4.27. The van der Waals surface area contributed by atoms with Crippen molar-refractivity contribution >= 4 is 15.8 Å². The van der Waals surface area contributed by atoms with Gasteiger partial charge in [0, 0.05) is 18.9 Å². The van der Waals surface area contributed by atoms with Gasteiger partial charge in [0.25, 0.3) is 0 Å². The van der Waals surface area contributed by atoms with Crippen LogP contribution in [0, 0.1) is 5.92 Å². The van der Waals surface area contributed by atoms with Crippen molar-refractivity contribution in [1.82, 2.24) is 9.55 Å². The van der Waals surface area contributed by atoms with E-state index in [-0.39, 0.29) is 11.5 Å². The van der Waals surface area contributed by atoms with Crippen LogP contribution in [0.25, 0.3) is 0 Å². The third-order valence-electron chi connectivity index (χ3n) is 2.36. The smallest absolute Gasteiger partial charge is 0.307 e. The molecule has 0 aliphatic rings. The quantitative estimate of drug-likeness (QED) is 0.767. The van der Waals surface area contributed by atoms with Crippen molar-refractivity contribution in [2.24, 2.45) is 5.92 Å². The minimum absolute atomic E-state index is 0.00278. The Morgan fingerprint density at radius 1 is 1.53 bits per heavy atom. The summed E-state index contributed by atoms with van der Waals surface area (Å²) in [5, 5.41) is 8.64. The van der Waals surface area contributed by atoms with Crippen molar-refractivity contribution in [3.63, 3.8) is 0 Å². The molecule has 0 amide bonds. The number of carbonyl (C=O) groups is 1. The van der Waals surface area contributed by atoms with Gasteiger partial charge in [0.2, 0.25) is 0 Å². The molecule has 1 aromatic rings. The Bertz CT molecular complexity index is 453. The van der Waals surface area contributed by atoms with Crippen LogP contribution in [0.1, 0.15) is 13.3 Å². The summed E-state index contributed by atoms with van der Waals surface area (Å²) < 4.78 is 25.0. The Kier molecular flexibility index (Phi) is 4.68. The van der Waals surface area contributed by atoms with E-state index < -0.39 is 21.7 Å². The zero-order chi connectivity index (χ0) is 12.9. The lowest BCUT2D eigenvalue weighted by Gasteiger charge is -2.07. The Hall–Kier alpha value is -1.37. The Balaban J connectivity index is 2.37. The van der Waals surface area contributed by atoms with Crippen LogP contribution in [0.2, 0.25) is 0 Å². The largest absolute Gasteiger partial charge is 0.481 e. The van der Waals surface area contributed by atoms with Crippen molar-refractivity contribution in [3.05, 3.63) is 18.7 Å². The molecule has 0 aliphatic carbocycles. The van der Waals surface area contributed by atoms with E-state index in [0.29, 0.717) is 13.0 Å². The molecule has 6 nitrogen and oxygen atoms in total. The van der Waals surface area contributed by atoms with E-state index in [1.165, 1.54) is 6.92 Å². The molecular formula is C10H16N2O4S. The first kappa shape index (κ1) is 13.7. The molecule has 0 aromatic carbocycles. The SMILES string of the molecule is CC(CS(=O)(=O)CCCn1ccnc1)C(=O)O. The van der Waals surface area contributed by atoms with E-state index in [1.54, 1.807) is 23.3 Å². The molecule has 0 saturated heterocycles. The van der Waals surface area contributed by atoms with E-state index in [4.69, 9.17) is 5.11 Å². The molecule has 0 spiro atoms. The van der Waals surface area contributed by atoms with E-state index in [2.05, 4.69) is 4.98 Å². The second kappa shape index (κ2) is 5.81. The molecule has 17 heavy (non-hydrogen) atoms. The first-order chi connectivity index (χ1) is 7.91. The van der Waals surface area contributed by atoms with Crippen LogP contribution in [0.3, 0.4) is 0 Å². The van der Waals surface area contributed by atoms with E-state index in [9.17, 15) is 13.2 Å². The molecule has 1 unspecified atom stereocenters. The fraction of sp³-hybridized carbons (Fsp3) is 0.600. The number of sulfone groups is 1. The first-order valence-corrected chi connectivity index (χ1v) is 7.12. The van der Waals surface area contributed by atoms with Gasteiger partial charge in [-0.25, -0.2) is 13.4 Å². The van der Waals surface area contributed by atoms with Crippen molar-refractivity contribution in [1.29, 1.82) is 0 Å². The Morgan fingerprint density at radius 2 is 2.24 bits per heavy atom. The first-order valence-electron chi connectivity index (χ1n) is 5.30. The average Bonchev–Trinajstić information content (AvgIpc) is 2.69. The van der Waals surface area contributed by atoms with Gasteiger partial charge in [-0.15, -0.1) is 0 Å². The third kappa shape index (κ3) is 4.99. The minimum Gasteiger partial charge on any atom is -0.481 e. The number of carboxylic acids is 1. The number of aryl methyl sites for hydroxylation is 1. The van der Waals surface area contributed by atoms with E-state index >= 15 is 0 Å². The molecule has 0 aliphatic heterocycles. The highest BCUT2D eigenvalue weighted by Crippen LogP contribution is 2.04. The molecule has 1 heterocycles. The summed E-state index contributed by atoms with van der Waals surface area (Å²) in [6, 6.07) is 0. The Morgan fingerprint density at radius 3 is 2.76 bits per heavy atom. The molecule has 0 saturated carbocycles. The predicted octanol–water partition coefficient (Wildman–Crippen LogP) is 0.409. The molecular weight excluding hydrogens is 244 g/mol. The molecule has 0 bridgehead atoms. The van der Waals surface area contributed by atoms with Gasteiger partial charge in [-0.05, 0) is 6.42 Å². The summed E-state index contributed by atoms with van der Waals surface area (Å²) >= 11 is 0. The van der Waals surface area contributed by atoms with Gasteiger partial charge in [0.1, 0.15) is 0 Å². The van der Waals surface area contributed by atoms with Crippen molar-refractivity contribution in [2.45, 2.75) is 19.9 Å². The van der Waals surface area contributed by atoms with Gasteiger partial charge in [-0.3, -0.25) is 4.79 Å². The number of aromatic nitrogens is 2. The van der Waals surface area contributed by atoms with Gasteiger partial charge in [0.05, 0.1) is 23.8 Å². The highest BCUT2D eigenvalue weighted by molar-refractivity contribution is 7.91. The summed E-state index contributed by atoms with van der Waals surface area (Å²) in [5.41, 5.74) is 0. The van der Waals surface area contributed by atoms with E-state index in [1.807, 2.05) is 0 Å². The summed E-state index contributed by atoms with van der Waals surface area (Å²) in [4.78, 5) is 14.4. The predicted molar refractivity (Wildman–Crippen MR) is 62.3 cm³/mol. The van der Waals surface area contributed by atoms with Crippen molar-refractivity contribution < 1.29 is 18.3 Å². The standard InChI is InChI=1S/C10H16N2O4S/c1-9(10(13)14)7-17(15,16)6-2-4-12-5-3-11-8-12/h3,5,8-9H,2,4,6-7H2,1H3,(H,13,14). The second-order valence-electron chi connectivity index (χ2n) is 4.01. The average molecular weight is 260 g/mol. The normalized spacial score (nSPS) is 13.5. The summed E-state index contributed by atoms with van der Waals surface area (Å²) in [6.45, 7) is 1.97. The van der Waals surface area contributed by atoms with Crippen molar-refractivity contribution in [2.75, 3.05) is 11.5 Å². The lowest BCUT2D eigenvalue weighted by molar-refractivity contribution is -0.140. The highest BCUT2D eigenvalue weighted by Gasteiger charge is 2.20. The second-order valence-corrected chi connectivity index (χ2v) is 6.24. The maximum atomic E-state index is 11.6. The number of aliphatic carboxylic acids is 1. The molecule has 0 radical (unpaired) electrons. The number of hydrogen-bond donors (Lipinski definition) is 1. The van der Waals surface area contributed by atoms with Crippen LogP contribution in [-0.4, -0.2) is 40.6 Å². The summed E-state index contributed by atoms with van der Waals surface area (Å²) in [7, 11) is -3.29. The molecule has 1 aromatic heterocycles. The van der Waals surface area contributed by atoms with Crippen LogP contribution in [0.4, 0.5) is 0 Å². The lowest BCUT2D eigenvalue weighted by Crippen LogP contribution is -2.23. The van der Waals surface area contributed by atoms with Crippen LogP contribution in [0.5, 0.6) is 0 Å². The Labute approximate surface area is 100 Å². The topological polar surface area (TPSA) is 89.3 Å². The maximum Gasteiger partial charge on any atom is 0.307 e. The van der Waals surface area contributed by atoms with E-state index in [0.717, 1.165) is 0 Å². The fourth-order valence-electron chi connectivity index (χ4n) is 1.42. The number of nitrogens with zero attached hydrogens (tertiary/aromatic N) is 2. The fourth-order valence-corrected chi connectivity index (χ4v) is 3.06. The van der Waals surface area contributed by atoms with Gasteiger partial charge < -0.3 is 9.67 Å². The summed E-state index contributed by atoms with van der Waals surface area (Å²) in [5.74, 6) is -2.23. The molecule has 1 N–H and O–H groups in total. The number of imidazole rings is 1. The van der Waals surface area contributed by atoms with Crippen LogP contribution < -0.4 is 0 Å². The molecule has 96 valence electrons. The summed E-state index contributed by atoms with van der Waals surface area (Å²) in [6.07, 6.45) is 5.46.